The molecular formula is C21H35NO3S. The fourth-order valence-electron chi connectivity index (χ4n) is 2.33. The van der Waals surface area contributed by atoms with E-state index < -0.39 is 12.0 Å². The summed E-state index contributed by atoms with van der Waals surface area (Å²) in [4.78, 5) is 22.0. The Kier molecular flexibility index (Phi) is 13.8. The van der Waals surface area contributed by atoms with Crippen LogP contribution in [0.15, 0.2) is 34.9 Å². The summed E-state index contributed by atoms with van der Waals surface area (Å²) in [6.07, 6.45) is 11.6. The third-order valence-corrected chi connectivity index (χ3v) is 4.83. The fourth-order valence-corrected chi connectivity index (χ4v) is 3.30. The molecule has 0 bridgehead atoms. The number of hydrogen-bond acceptors (Lipinski definition) is 3. The quantitative estimate of drug-likeness (QED) is 0.343. The molecule has 0 saturated heterocycles. The summed E-state index contributed by atoms with van der Waals surface area (Å²) >= 11 is 1.70. The highest BCUT2D eigenvalue weighted by Crippen LogP contribution is 2.13. The van der Waals surface area contributed by atoms with E-state index in [2.05, 4.69) is 51.2 Å². The Hall–Kier alpha value is -1.49. The number of aliphatic carboxylic acids is 1. The van der Waals surface area contributed by atoms with Crippen LogP contribution >= 0.6 is 11.8 Å². The van der Waals surface area contributed by atoms with E-state index in [1.54, 1.807) is 11.8 Å². The lowest BCUT2D eigenvalue weighted by Crippen LogP contribution is -2.39. The molecule has 1 atom stereocenters. The molecule has 0 aromatic carbocycles. The number of amides is 1. The third kappa shape index (κ3) is 14.8. The molecule has 0 aliphatic rings. The molecule has 0 unspecified atom stereocenters. The second-order valence-corrected chi connectivity index (χ2v) is 8.06. The Labute approximate surface area is 163 Å². The predicted molar refractivity (Wildman–Crippen MR) is 113 cm³/mol. The van der Waals surface area contributed by atoms with Crippen molar-refractivity contribution in [1.29, 1.82) is 0 Å². The van der Waals surface area contributed by atoms with Crippen molar-refractivity contribution in [3.63, 3.8) is 0 Å². The van der Waals surface area contributed by atoms with Crippen molar-refractivity contribution < 1.29 is 14.7 Å². The zero-order valence-electron chi connectivity index (χ0n) is 16.9. The van der Waals surface area contributed by atoms with Gasteiger partial charge in [-0.3, -0.25) is 4.79 Å². The van der Waals surface area contributed by atoms with Crippen molar-refractivity contribution in [3.8, 4) is 0 Å². The van der Waals surface area contributed by atoms with Gasteiger partial charge in [0.2, 0.25) is 5.91 Å². The van der Waals surface area contributed by atoms with Gasteiger partial charge in [-0.2, -0.15) is 11.8 Å². The summed E-state index contributed by atoms with van der Waals surface area (Å²) in [6, 6.07) is -0.787. The molecule has 0 aliphatic carbocycles. The molecule has 4 nitrogen and oxygen atoms in total. The summed E-state index contributed by atoms with van der Waals surface area (Å²) in [6.45, 7) is 9.94. The fraction of sp³-hybridized carbons (Fsp3) is 0.619. The summed E-state index contributed by atoms with van der Waals surface area (Å²) in [5.74, 6) is 0.313. The smallest absolute Gasteiger partial charge is 0.326 e. The summed E-state index contributed by atoms with van der Waals surface area (Å²) in [7, 11) is 0. The maximum Gasteiger partial charge on any atom is 0.326 e. The number of hydrogen-bond donors (Lipinski definition) is 2. The molecule has 0 aromatic rings. The van der Waals surface area contributed by atoms with Crippen LogP contribution in [0.4, 0.5) is 0 Å². The van der Waals surface area contributed by atoms with Crippen molar-refractivity contribution in [2.45, 2.75) is 72.8 Å². The Morgan fingerprint density at radius 3 is 2.08 bits per heavy atom. The van der Waals surface area contributed by atoms with Crippen LogP contribution in [-0.2, 0) is 9.59 Å². The molecule has 0 rings (SSSR count). The Balaban J connectivity index is 3.98. The van der Waals surface area contributed by atoms with Gasteiger partial charge in [0.25, 0.3) is 0 Å². The molecule has 0 aromatic heterocycles. The minimum Gasteiger partial charge on any atom is -0.480 e. The highest BCUT2D eigenvalue weighted by Gasteiger charge is 2.17. The molecule has 0 spiro atoms. The zero-order chi connectivity index (χ0) is 19.9. The van der Waals surface area contributed by atoms with Gasteiger partial charge in [0, 0.05) is 12.7 Å². The molecule has 0 radical (unpaired) electrons. The van der Waals surface area contributed by atoms with Crippen LogP contribution in [0.5, 0.6) is 0 Å². The van der Waals surface area contributed by atoms with Crippen LogP contribution in [0.2, 0.25) is 0 Å². The van der Waals surface area contributed by atoms with Crippen LogP contribution < -0.4 is 5.32 Å². The summed E-state index contributed by atoms with van der Waals surface area (Å²) in [5.41, 5.74) is 4.19. The Bertz CT molecular complexity index is 531. The van der Waals surface area contributed by atoms with Crippen LogP contribution in [0.1, 0.15) is 66.7 Å². The number of rotatable bonds is 13. The normalized spacial score (nSPS) is 13.3. The van der Waals surface area contributed by atoms with Gasteiger partial charge in [-0.25, -0.2) is 4.79 Å². The minimum atomic E-state index is -0.973. The van der Waals surface area contributed by atoms with Crippen molar-refractivity contribution in [3.05, 3.63) is 34.9 Å². The second kappa shape index (κ2) is 14.7. The monoisotopic (exact) mass is 381 g/mol. The number of allylic oxidation sites excluding steroid dienone is 5. The third-order valence-electron chi connectivity index (χ3n) is 3.90. The average molecular weight is 382 g/mol. The first kappa shape index (κ1) is 24.5. The van der Waals surface area contributed by atoms with Crippen LogP contribution in [0.3, 0.4) is 0 Å². The van der Waals surface area contributed by atoms with E-state index in [1.807, 2.05) is 0 Å². The van der Waals surface area contributed by atoms with Crippen molar-refractivity contribution >= 4 is 23.6 Å². The van der Waals surface area contributed by atoms with Crippen LogP contribution in [0.25, 0.3) is 0 Å². The predicted octanol–water partition coefficient (Wildman–Crippen LogP) is 5.12. The number of thioether (sulfide) groups is 1. The molecule has 0 fully saturated rings. The number of carboxylic acids is 1. The first-order valence-corrected chi connectivity index (χ1v) is 10.4. The first-order chi connectivity index (χ1) is 12.2. The first-order valence-electron chi connectivity index (χ1n) is 9.24. The molecule has 2 N–H and O–H groups in total. The maximum absolute atomic E-state index is 11.0. The lowest BCUT2D eigenvalue weighted by molar-refractivity contribution is -0.141. The molecule has 0 saturated carbocycles. The molecular weight excluding hydrogens is 346 g/mol. The van der Waals surface area contributed by atoms with Gasteiger partial charge in [-0.1, -0.05) is 34.9 Å². The maximum atomic E-state index is 11.0. The standard InChI is InChI=1S/C21H35NO3S/c1-16(2)8-6-9-17(3)10-7-11-18(4)12-14-26-15-13-20(21(24)25)22-19(5)23/h8,10,12,20H,6-7,9,11,13-15H2,1-5H3,(H,22,23)(H,24,25)/t20-/m0/s1. The van der Waals surface area contributed by atoms with E-state index in [1.165, 1.54) is 23.6 Å². The highest BCUT2D eigenvalue weighted by molar-refractivity contribution is 7.99. The summed E-state index contributed by atoms with van der Waals surface area (Å²) < 4.78 is 0. The van der Waals surface area contributed by atoms with E-state index in [-0.39, 0.29) is 5.91 Å². The van der Waals surface area contributed by atoms with Gasteiger partial charge < -0.3 is 10.4 Å². The zero-order valence-corrected chi connectivity index (χ0v) is 17.7. The van der Waals surface area contributed by atoms with E-state index in [0.29, 0.717) is 12.2 Å². The number of carbonyl (C=O) groups is 2. The SMILES string of the molecule is CC(=O)N[C@@H](CCSCC=C(C)CCC=C(C)CCC=C(C)C)C(=O)O. The number of nitrogens with one attached hydrogen (secondary N) is 1. The molecule has 5 heteroatoms. The Morgan fingerprint density at radius 1 is 0.962 bits per heavy atom. The summed E-state index contributed by atoms with van der Waals surface area (Å²) in [5, 5.41) is 11.5. The van der Waals surface area contributed by atoms with Gasteiger partial charge in [0.15, 0.2) is 0 Å². The second-order valence-electron chi connectivity index (χ2n) is 6.91. The molecule has 148 valence electrons. The van der Waals surface area contributed by atoms with Gasteiger partial charge in [0.05, 0.1) is 0 Å². The van der Waals surface area contributed by atoms with Crippen LogP contribution in [-0.4, -0.2) is 34.5 Å². The van der Waals surface area contributed by atoms with Gasteiger partial charge in [-0.15, -0.1) is 0 Å². The van der Waals surface area contributed by atoms with Gasteiger partial charge in [0.1, 0.15) is 6.04 Å². The average Bonchev–Trinajstić information content (AvgIpc) is 2.52. The lowest BCUT2D eigenvalue weighted by Gasteiger charge is -2.12. The largest absolute Gasteiger partial charge is 0.480 e. The van der Waals surface area contributed by atoms with E-state index in [9.17, 15) is 9.59 Å². The van der Waals surface area contributed by atoms with E-state index >= 15 is 0 Å². The van der Waals surface area contributed by atoms with Crippen molar-refractivity contribution in [1.82, 2.24) is 5.32 Å². The van der Waals surface area contributed by atoms with Crippen LogP contribution in [0, 0.1) is 0 Å². The minimum absolute atomic E-state index is 0.303. The topological polar surface area (TPSA) is 66.4 Å². The molecule has 0 heterocycles. The lowest BCUT2D eigenvalue weighted by atomic mass is 10.1. The number of carboxylic acid groups (broad SMARTS) is 1. The molecule has 0 aliphatic heterocycles. The van der Waals surface area contributed by atoms with E-state index in [4.69, 9.17) is 5.11 Å². The highest BCUT2D eigenvalue weighted by atomic mass is 32.2. The molecule has 1 amide bonds. The van der Waals surface area contributed by atoms with Gasteiger partial charge >= 0.3 is 5.97 Å². The Morgan fingerprint density at radius 2 is 1.54 bits per heavy atom. The van der Waals surface area contributed by atoms with E-state index in [0.717, 1.165) is 31.4 Å². The number of carbonyl (C=O) groups excluding carboxylic acids is 1. The van der Waals surface area contributed by atoms with Crippen molar-refractivity contribution in [2.24, 2.45) is 0 Å². The van der Waals surface area contributed by atoms with Gasteiger partial charge in [-0.05, 0) is 65.6 Å². The molecule has 26 heavy (non-hydrogen) atoms. The van der Waals surface area contributed by atoms with Crippen molar-refractivity contribution in [2.75, 3.05) is 11.5 Å².